The molecule has 0 aliphatic rings. The summed E-state index contributed by atoms with van der Waals surface area (Å²) in [6.45, 7) is 3.86. The lowest BCUT2D eigenvalue weighted by Crippen LogP contribution is -2.09. The maximum absolute atomic E-state index is 11.4. The van der Waals surface area contributed by atoms with Crippen LogP contribution in [0.2, 0.25) is 0 Å². The van der Waals surface area contributed by atoms with E-state index in [1.54, 1.807) is 26.0 Å². The van der Waals surface area contributed by atoms with Crippen molar-refractivity contribution in [2.45, 2.75) is 13.8 Å². The molecule has 76 valence electrons. The van der Waals surface area contributed by atoms with Crippen molar-refractivity contribution in [2.24, 2.45) is 0 Å². The second kappa shape index (κ2) is 4.00. The van der Waals surface area contributed by atoms with Gasteiger partial charge in [0.2, 0.25) is 0 Å². The number of anilines is 2. The Bertz CT molecular complexity index is 361. The normalized spacial score (nSPS) is 9.86. The van der Waals surface area contributed by atoms with Crippen LogP contribution in [0.4, 0.5) is 11.4 Å². The summed E-state index contributed by atoms with van der Waals surface area (Å²) in [5.74, 6) is -0.385. The van der Waals surface area contributed by atoms with E-state index in [4.69, 9.17) is 16.2 Å². The van der Waals surface area contributed by atoms with Crippen molar-refractivity contribution in [1.29, 1.82) is 0 Å². The Labute approximate surface area is 82.8 Å². The first kappa shape index (κ1) is 10.4. The molecular weight excluding hydrogens is 180 g/mol. The quantitative estimate of drug-likeness (QED) is 0.550. The van der Waals surface area contributed by atoms with Crippen LogP contribution in [0.5, 0.6) is 0 Å². The summed E-state index contributed by atoms with van der Waals surface area (Å²) in [5, 5.41) is 0. The number of carbonyl (C=O) groups is 1. The van der Waals surface area contributed by atoms with E-state index in [2.05, 4.69) is 0 Å². The summed E-state index contributed by atoms with van der Waals surface area (Å²) in [5.41, 5.74) is 13.4. The van der Waals surface area contributed by atoms with Crippen molar-refractivity contribution in [3.8, 4) is 0 Å². The first-order chi connectivity index (χ1) is 6.56. The highest BCUT2D eigenvalue weighted by molar-refractivity contribution is 5.94. The van der Waals surface area contributed by atoms with Crippen LogP contribution in [-0.4, -0.2) is 12.6 Å². The van der Waals surface area contributed by atoms with Crippen LogP contribution in [0.15, 0.2) is 12.1 Å². The average Bonchev–Trinajstić information content (AvgIpc) is 2.11. The van der Waals surface area contributed by atoms with E-state index in [9.17, 15) is 4.79 Å². The Morgan fingerprint density at radius 1 is 1.43 bits per heavy atom. The van der Waals surface area contributed by atoms with Gasteiger partial charge in [-0.25, -0.2) is 4.79 Å². The van der Waals surface area contributed by atoms with Gasteiger partial charge >= 0.3 is 5.97 Å². The number of benzene rings is 1. The number of carbonyl (C=O) groups excluding carboxylic acids is 1. The van der Waals surface area contributed by atoms with E-state index in [0.29, 0.717) is 29.1 Å². The molecule has 4 N–H and O–H groups in total. The number of hydrogen-bond acceptors (Lipinski definition) is 4. The van der Waals surface area contributed by atoms with E-state index in [0.717, 1.165) is 0 Å². The number of hydrogen-bond donors (Lipinski definition) is 2. The molecule has 0 unspecified atom stereocenters. The Morgan fingerprint density at radius 2 is 2.07 bits per heavy atom. The molecule has 4 nitrogen and oxygen atoms in total. The molecule has 0 aromatic heterocycles. The lowest BCUT2D eigenvalue weighted by atomic mass is 10.1. The van der Waals surface area contributed by atoms with Crippen molar-refractivity contribution in [3.05, 3.63) is 23.3 Å². The van der Waals surface area contributed by atoms with Crippen LogP contribution in [0.3, 0.4) is 0 Å². The summed E-state index contributed by atoms with van der Waals surface area (Å²) in [6, 6.07) is 3.20. The van der Waals surface area contributed by atoms with E-state index in [1.807, 2.05) is 0 Å². The fraction of sp³-hybridized carbons (Fsp3) is 0.300. The number of ether oxygens (including phenoxy) is 1. The number of rotatable bonds is 2. The molecule has 0 aliphatic carbocycles. The molecule has 0 fully saturated rings. The summed E-state index contributed by atoms with van der Waals surface area (Å²) in [7, 11) is 0. The van der Waals surface area contributed by atoms with Gasteiger partial charge in [0.15, 0.2) is 0 Å². The van der Waals surface area contributed by atoms with Crippen LogP contribution in [0.1, 0.15) is 22.8 Å². The molecule has 0 spiro atoms. The minimum Gasteiger partial charge on any atom is -0.462 e. The molecule has 0 amide bonds. The van der Waals surface area contributed by atoms with Crippen LogP contribution in [0.25, 0.3) is 0 Å². The second-order valence-electron chi connectivity index (χ2n) is 3.00. The zero-order valence-corrected chi connectivity index (χ0v) is 8.33. The van der Waals surface area contributed by atoms with E-state index in [1.165, 1.54) is 0 Å². The largest absolute Gasteiger partial charge is 0.462 e. The highest BCUT2D eigenvalue weighted by Gasteiger charge is 2.12. The van der Waals surface area contributed by atoms with E-state index >= 15 is 0 Å². The number of esters is 1. The zero-order valence-electron chi connectivity index (χ0n) is 8.33. The van der Waals surface area contributed by atoms with Crippen LogP contribution < -0.4 is 11.5 Å². The standard InChI is InChI=1S/C10H14N2O2/c1-3-14-10(13)8-4-7(11)5-9(12)6(8)2/h4-5H,3,11-12H2,1-2H3. The predicted octanol–water partition coefficient (Wildman–Crippen LogP) is 1.34. The molecule has 14 heavy (non-hydrogen) atoms. The topological polar surface area (TPSA) is 78.3 Å². The molecule has 0 radical (unpaired) electrons. The molecule has 1 aromatic rings. The van der Waals surface area contributed by atoms with E-state index < -0.39 is 0 Å². The summed E-state index contributed by atoms with van der Waals surface area (Å²) in [6.07, 6.45) is 0. The minimum absolute atomic E-state index is 0.340. The van der Waals surface area contributed by atoms with Crippen molar-refractivity contribution in [3.63, 3.8) is 0 Å². The van der Waals surface area contributed by atoms with Gasteiger partial charge in [0, 0.05) is 11.4 Å². The molecule has 0 saturated heterocycles. The minimum atomic E-state index is -0.385. The van der Waals surface area contributed by atoms with Crippen molar-refractivity contribution in [1.82, 2.24) is 0 Å². The zero-order chi connectivity index (χ0) is 10.7. The Kier molecular flexibility index (Phi) is 2.96. The first-order valence-corrected chi connectivity index (χ1v) is 4.39. The summed E-state index contributed by atoms with van der Waals surface area (Å²) >= 11 is 0. The molecule has 0 saturated carbocycles. The van der Waals surface area contributed by atoms with Crippen LogP contribution in [0, 0.1) is 6.92 Å². The van der Waals surface area contributed by atoms with E-state index in [-0.39, 0.29) is 5.97 Å². The molecule has 1 rings (SSSR count). The maximum atomic E-state index is 11.4. The SMILES string of the molecule is CCOC(=O)c1cc(N)cc(N)c1C. The highest BCUT2D eigenvalue weighted by atomic mass is 16.5. The second-order valence-corrected chi connectivity index (χ2v) is 3.00. The third kappa shape index (κ3) is 1.96. The molecule has 1 aromatic carbocycles. The third-order valence-electron chi connectivity index (χ3n) is 1.97. The Morgan fingerprint density at radius 3 is 2.64 bits per heavy atom. The Balaban J connectivity index is 3.13. The van der Waals surface area contributed by atoms with Gasteiger partial charge in [-0.1, -0.05) is 0 Å². The fourth-order valence-corrected chi connectivity index (χ4v) is 1.18. The van der Waals surface area contributed by atoms with Crippen molar-refractivity contribution < 1.29 is 9.53 Å². The summed E-state index contributed by atoms with van der Waals surface area (Å²) < 4.78 is 4.87. The van der Waals surface area contributed by atoms with Gasteiger partial charge in [-0.05, 0) is 31.5 Å². The van der Waals surface area contributed by atoms with Crippen molar-refractivity contribution in [2.75, 3.05) is 18.1 Å². The molecule has 0 bridgehead atoms. The lowest BCUT2D eigenvalue weighted by molar-refractivity contribution is 0.0525. The average molecular weight is 194 g/mol. The predicted molar refractivity (Wildman–Crippen MR) is 56.0 cm³/mol. The summed E-state index contributed by atoms with van der Waals surface area (Å²) in [4.78, 5) is 11.4. The molecule has 0 heterocycles. The maximum Gasteiger partial charge on any atom is 0.338 e. The Hall–Kier alpha value is -1.71. The first-order valence-electron chi connectivity index (χ1n) is 4.39. The molecular formula is C10H14N2O2. The van der Waals surface area contributed by atoms with Gasteiger partial charge in [-0.15, -0.1) is 0 Å². The van der Waals surface area contributed by atoms with Gasteiger partial charge in [0.25, 0.3) is 0 Å². The molecule has 4 heteroatoms. The van der Waals surface area contributed by atoms with Crippen LogP contribution in [-0.2, 0) is 4.74 Å². The molecule has 0 aliphatic heterocycles. The smallest absolute Gasteiger partial charge is 0.338 e. The number of nitrogens with two attached hydrogens (primary N) is 2. The van der Waals surface area contributed by atoms with Gasteiger partial charge in [-0.3, -0.25) is 0 Å². The molecule has 0 atom stereocenters. The van der Waals surface area contributed by atoms with Gasteiger partial charge in [-0.2, -0.15) is 0 Å². The monoisotopic (exact) mass is 194 g/mol. The number of nitrogen functional groups attached to an aromatic ring is 2. The van der Waals surface area contributed by atoms with Gasteiger partial charge in [0.05, 0.1) is 12.2 Å². The highest BCUT2D eigenvalue weighted by Crippen LogP contribution is 2.20. The lowest BCUT2D eigenvalue weighted by Gasteiger charge is -2.08. The van der Waals surface area contributed by atoms with Crippen LogP contribution >= 0.6 is 0 Å². The van der Waals surface area contributed by atoms with Crippen molar-refractivity contribution >= 4 is 17.3 Å². The van der Waals surface area contributed by atoms with Gasteiger partial charge < -0.3 is 16.2 Å². The van der Waals surface area contributed by atoms with Gasteiger partial charge in [0.1, 0.15) is 0 Å². The third-order valence-corrected chi connectivity index (χ3v) is 1.97. The fourth-order valence-electron chi connectivity index (χ4n) is 1.18.